The maximum atomic E-state index is 6.31. The van der Waals surface area contributed by atoms with Crippen molar-refractivity contribution in [2.75, 3.05) is 13.2 Å². The molecule has 0 bridgehead atoms. The standard InChI is InChI=1S/C14H19Cl2NO/c1-3-17-14(11-6-7-18-9(11)2)12-8-10(15)4-5-13(12)16/h4-5,8-9,11,14,17H,3,6-7H2,1-2H3. The van der Waals surface area contributed by atoms with Gasteiger partial charge in [0.2, 0.25) is 0 Å². The fourth-order valence-electron chi connectivity index (χ4n) is 2.65. The molecule has 3 unspecified atom stereocenters. The monoisotopic (exact) mass is 287 g/mol. The normalized spacial score (nSPS) is 25.3. The van der Waals surface area contributed by atoms with E-state index in [-0.39, 0.29) is 12.1 Å². The zero-order chi connectivity index (χ0) is 13.1. The fourth-order valence-corrected chi connectivity index (χ4v) is 3.07. The van der Waals surface area contributed by atoms with E-state index in [0.29, 0.717) is 5.92 Å². The molecule has 3 atom stereocenters. The summed E-state index contributed by atoms with van der Waals surface area (Å²) in [5.41, 5.74) is 1.08. The first kappa shape index (κ1) is 14.1. The van der Waals surface area contributed by atoms with Crippen LogP contribution < -0.4 is 5.32 Å². The predicted octanol–water partition coefficient (Wildman–Crippen LogP) is 4.07. The minimum Gasteiger partial charge on any atom is -0.378 e. The van der Waals surface area contributed by atoms with Gasteiger partial charge in [0.05, 0.1) is 6.10 Å². The molecule has 1 saturated heterocycles. The second-order valence-electron chi connectivity index (χ2n) is 4.73. The highest BCUT2D eigenvalue weighted by molar-refractivity contribution is 6.33. The molecule has 1 aromatic carbocycles. The lowest BCUT2D eigenvalue weighted by Crippen LogP contribution is -2.32. The molecule has 1 aliphatic rings. The van der Waals surface area contributed by atoms with E-state index >= 15 is 0 Å². The summed E-state index contributed by atoms with van der Waals surface area (Å²) in [5.74, 6) is 0.445. The molecule has 0 saturated carbocycles. The van der Waals surface area contributed by atoms with Crippen molar-refractivity contribution in [3.63, 3.8) is 0 Å². The summed E-state index contributed by atoms with van der Waals surface area (Å²) in [5, 5.41) is 5.01. The number of rotatable bonds is 4. The topological polar surface area (TPSA) is 21.3 Å². The molecular formula is C14H19Cl2NO. The largest absolute Gasteiger partial charge is 0.378 e. The van der Waals surface area contributed by atoms with Crippen LogP contribution in [0, 0.1) is 5.92 Å². The van der Waals surface area contributed by atoms with Crippen molar-refractivity contribution in [1.29, 1.82) is 0 Å². The summed E-state index contributed by atoms with van der Waals surface area (Å²) in [6.45, 7) is 5.95. The fraction of sp³-hybridized carbons (Fsp3) is 0.571. The van der Waals surface area contributed by atoms with E-state index in [2.05, 4.69) is 19.2 Å². The minimum atomic E-state index is 0.207. The number of halogens is 2. The van der Waals surface area contributed by atoms with E-state index in [4.69, 9.17) is 27.9 Å². The molecule has 1 aliphatic heterocycles. The Morgan fingerprint density at radius 1 is 1.44 bits per heavy atom. The van der Waals surface area contributed by atoms with Crippen LogP contribution in [0.5, 0.6) is 0 Å². The Bertz CT molecular complexity index is 411. The Kier molecular flexibility index (Phi) is 4.91. The lowest BCUT2D eigenvalue weighted by atomic mass is 9.88. The molecule has 0 spiro atoms. The molecule has 1 N–H and O–H groups in total. The Morgan fingerprint density at radius 2 is 2.22 bits per heavy atom. The highest BCUT2D eigenvalue weighted by Crippen LogP contribution is 2.37. The summed E-state index contributed by atoms with van der Waals surface area (Å²) in [4.78, 5) is 0. The molecule has 0 aliphatic carbocycles. The van der Waals surface area contributed by atoms with Gasteiger partial charge in [0.25, 0.3) is 0 Å². The Morgan fingerprint density at radius 3 is 2.83 bits per heavy atom. The van der Waals surface area contributed by atoms with Crippen LogP contribution in [-0.4, -0.2) is 19.3 Å². The van der Waals surface area contributed by atoms with E-state index in [1.165, 1.54) is 0 Å². The minimum absolute atomic E-state index is 0.207. The number of benzene rings is 1. The van der Waals surface area contributed by atoms with Gasteiger partial charge < -0.3 is 10.1 Å². The Balaban J connectivity index is 2.31. The van der Waals surface area contributed by atoms with Crippen LogP contribution in [0.15, 0.2) is 18.2 Å². The van der Waals surface area contributed by atoms with E-state index in [9.17, 15) is 0 Å². The van der Waals surface area contributed by atoms with Crippen molar-refractivity contribution in [2.24, 2.45) is 5.92 Å². The summed E-state index contributed by atoms with van der Waals surface area (Å²) in [6.07, 6.45) is 1.31. The highest BCUT2D eigenvalue weighted by atomic mass is 35.5. The first-order valence-corrected chi connectivity index (χ1v) is 7.19. The Labute approximate surface area is 119 Å². The van der Waals surface area contributed by atoms with Crippen molar-refractivity contribution in [1.82, 2.24) is 5.32 Å². The lowest BCUT2D eigenvalue weighted by Gasteiger charge is -2.28. The SMILES string of the molecule is CCNC(c1cc(Cl)ccc1Cl)C1CCOC1C. The van der Waals surface area contributed by atoms with Crippen LogP contribution >= 0.6 is 23.2 Å². The predicted molar refractivity (Wildman–Crippen MR) is 76.4 cm³/mol. The van der Waals surface area contributed by atoms with Gasteiger partial charge in [-0.2, -0.15) is 0 Å². The third-order valence-corrected chi connectivity index (χ3v) is 4.16. The molecule has 2 rings (SSSR count). The van der Waals surface area contributed by atoms with Crippen molar-refractivity contribution in [3.05, 3.63) is 33.8 Å². The highest BCUT2D eigenvalue weighted by Gasteiger charge is 2.33. The molecule has 4 heteroatoms. The van der Waals surface area contributed by atoms with Gasteiger partial charge in [0, 0.05) is 28.6 Å². The van der Waals surface area contributed by atoms with Gasteiger partial charge in [0.1, 0.15) is 0 Å². The van der Waals surface area contributed by atoms with Crippen molar-refractivity contribution < 1.29 is 4.74 Å². The molecule has 18 heavy (non-hydrogen) atoms. The van der Waals surface area contributed by atoms with Gasteiger partial charge in [-0.15, -0.1) is 0 Å². The van der Waals surface area contributed by atoms with Crippen molar-refractivity contribution >= 4 is 23.2 Å². The van der Waals surface area contributed by atoms with Gasteiger partial charge in [0.15, 0.2) is 0 Å². The molecule has 100 valence electrons. The number of nitrogens with one attached hydrogen (secondary N) is 1. The zero-order valence-corrected chi connectivity index (χ0v) is 12.3. The quantitative estimate of drug-likeness (QED) is 0.901. The third kappa shape index (κ3) is 3.00. The van der Waals surface area contributed by atoms with Crippen LogP contribution in [0.25, 0.3) is 0 Å². The maximum absolute atomic E-state index is 6.31. The van der Waals surface area contributed by atoms with Crippen molar-refractivity contribution in [3.8, 4) is 0 Å². The van der Waals surface area contributed by atoms with Gasteiger partial charge in [-0.05, 0) is 43.7 Å². The third-order valence-electron chi connectivity index (χ3n) is 3.58. The summed E-state index contributed by atoms with van der Waals surface area (Å²) in [6, 6.07) is 5.86. The van der Waals surface area contributed by atoms with Crippen LogP contribution in [0.4, 0.5) is 0 Å². The molecule has 1 aromatic rings. The van der Waals surface area contributed by atoms with Gasteiger partial charge in [-0.3, -0.25) is 0 Å². The Hall–Kier alpha value is -0.280. The van der Waals surface area contributed by atoms with Gasteiger partial charge >= 0.3 is 0 Å². The second-order valence-corrected chi connectivity index (χ2v) is 5.57. The van der Waals surface area contributed by atoms with E-state index in [1.807, 2.05) is 18.2 Å². The molecule has 0 aromatic heterocycles. The van der Waals surface area contributed by atoms with E-state index in [0.717, 1.165) is 35.2 Å². The number of hydrogen-bond donors (Lipinski definition) is 1. The van der Waals surface area contributed by atoms with Crippen molar-refractivity contribution in [2.45, 2.75) is 32.4 Å². The van der Waals surface area contributed by atoms with Crippen LogP contribution in [0.2, 0.25) is 10.0 Å². The average molecular weight is 288 g/mol. The van der Waals surface area contributed by atoms with Crippen LogP contribution in [0.1, 0.15) is 31.9 Å². The smallest absolute Gasteiger partial charge is 0.0594 e. The number of ether oxygens (including phenoxy) is 1. The zero-order valence-electron chi connectivity index (χ0n) is 10.7. The molecule has 0 radical (unpaired) electrons. The molecular weight excluding hydrogens is 269 g/mol. The van der Waals surface area contributed by atoms with Gasteiger partial charge in [-0.25, -0.2) is 0 Å². The van der Waals surface area contributed by atoms with Crippen LogP contribution in [-0.2, 0) is 4.74 Å². The summed E-state index contributed by atoms with van der Waals surface area (Å²) < 4.78 is 5.67. The summed E-state index contributed by atoms with van der Waals surface area (Å²) in [7, 11) is 0. The van der Waals surface area contributed by atoms with Crippen LogP contribution in [0.3, 0.4) is 0 Å². The summed E-state index contributed by atoms with van der Waals surface area (Å²) >= 11 is 12.4. The maximum Gasteiger partial charge on any atom is 0.0594 e. The second kappa shape index (κ2) is 6.25. The molecule has 1 fully saturated rings. The molecule has 2 nitrogen and oxygen atoms in total. The first-order chi connectivity index (χ1) is 8.63. The first-order valence-electron chi connectivity index (χ1n) is 6.43. The lowest BCUT2D eigenvalue weighted by molar-refractivity contribution is 0.0956. The van der Waals surface area contributed by atoms with E-state index < -0.39 is 0 Å². The van der Waals surface area contributed by atoms with E-state index in [1.54, 1.807) is 0 Å². The number of hydrogen-bond acceptors (Lipinski definition) is 2. The molecule has 0 amide bonds. The molecule has 1 heterocycles. The average Bonchev–Trinajstić information content (AvgIpc) is 2.76. The van der Waals surface area contributed by atoms with Gasteiger partial charge in [-0.1, -0.05) is 30.1 Å².